The Morgan fingerprint density at radius 3 is 1.63 bits per heavy atom. The maximum atomic E-state index is 11.4. The number of hydrogen-bond acceptors (Lipinski definition) is 5. The molecule has 0 fully saturated rings. The number of carbonyl (C=O) groups excluding carboxylic acids is 1. The van der Waals surface area contributed by atoms with Crippen LogP contribution in [-0.2, 0) is 18.6 Å². The van der Waals surface area contributed by atoms with E-state index < -0.39 is 7.82 Å². The molecule has 0 saturated carbocycles. The Hall–Kier alpha value is -0.460. The summed E-state index contributed by atoms with van der Waals surface area (Å²) in [6, 6.07) is 0.282. The number of phosphoric acid groups is 1. The molecule has 0 amide bonds. The van der Waals surface area contributed by atoms with E-state index in [1.165, 1.54) is 103 Å². The predicted octanol–water partition coefficient (Wildman–Crippen LogP) is 7.54. The first-order chi connectivity index (χ1) is 18.0. The lowest BCUT2D eigenvalue weighted by Crippen LogP contribution is -2.46. The van der Waals surface area contributed by atoms with Crippen LogP contribution in [0.3, 0.4) is 0 Å². The van der Waals surface area contributed by atoms with Gasteiger partial charge < -0.3 is 23.5 Å². The number of carbonyl (C=O) groups is 1. The second-order valence-corrected chi connectivity index (χ2v) is 13.4. The molecule has 0 spiro atoms. The highest BCUT2D eigenvalue weighted by Gasteiger charge is 2.27. The summed E-state index contributed by atoms with van der Waals surface area (Å²) in [5.41, 5.74) is 0. The van der Waals surface area contributed by atoms with Gasteiger partial charge in [-0.25, -0.2) is 0 Å². The molecule has 3 atom stereocenters. The molecule has 0 saturated heterocycles. The van der Waals surface area contributed by atoms with E-state index in [-0.39, 0.29) is 24.5 Å². The van der Waals surface area contributed by atoms with Crippen LogP contribution in [0.15, 0.2) is 0 Å². The van der Waals surface area contributed by atoms with Crippen LogP contribution >= 0.6 is 7.82 Å². The minimum absolute atomic E-state index is 0.0124. The van der Waals surface area contributed by atoms with Crippen molar-refractivity contribution in [2.75, 3.05) is 34.4 Å². The number of rotatable bonds is 27. The molecule has 228 valence electrons. The first-order valence-corrected chi connectivity index (χ1v) is 17.1. The standard InChI is InChI=1S/C30H62NO6P/c1-6-7-8-9-10-11-12-13-14-15-16-17-18-19-20-21-23-29(27-36-28(2)32)26-30(31(3,4)5)24-22-25-37-38(33,34)35/h29-30H,6-27H2,1-5H3,(H-,33,34,35). The molecule has 3 unspecified atom stereocenters. The van der Waals surface area contributed by atoms with Gasteiger partial charge in [-0.05, 0) is 18.8 Å². The van der Waals surface area contributed by atoms with Gasteiger partial charge in [0.25, 0.3) is 7.82 Å². The van der Waals surface area contributed by atoms with Gasteiger partial charge in [0, 0.05) is 19.8 Å². The third-order valence-electron chi connectivity index (χ3n) is 7.63. The van der Waals surface area contributed by atoms with Crippen molar-refractivity contribution < 1.29 is 32.9 Å². The minimum atomic E-state index is -4.67. The SMILES string of the molecule is CCCCCCCCCCCCCCCCCCC(COC(C)=O)CC(CCCOP(=O)([O-])O)[N+](C)(C)C. The van der Waals surface area contributed by atoms with Crippen LogP contribution in [0.2, 0.25) is 0 Å². The van der Waals surface area contributed by atoms with Gasteiger partial charge in [-0.2, -0.15) is 0 Å². The smallest absolute Gasteiger partial charge is 0.302 e. The van der Waals surface area contributed by atoms with Crippen molar-refractivity contribution in [1.82, 2.24) is 0 Å². The fourth-order valence-electron chi connectivity index (χ4n) is 5.19. The molecule has 7 nitrogen and oxygen atoms in total. The van der Waals surface area contributed by atoms with Crippen molar-refractivity contribution in [3.8, 4) is 0 Å². The van der Waals surface area contributed by atoms with Gasteiger partial charge in [-0.1, -0.05) is 110 Å². The average Bonchev–Trinajstić information content (AvgIpc) is 2.82. The zero-order valence-electron chi connectivity index (χ0n) is 25.6. The average molecular weight is 564 g/mol. The highest BCUT2D eigenvalue weighted by molar-refractivity contribution is 7.44. The zero-order valence-corrected chi connectivity index (χ0v) is 26.5. The van der Waals surface area contributed by atoms with E-state index in [2.05, 4.69) is 32.6 Å². The Balaban J connectivity index is 4.12. The summed E-state index contributed by atoms with van der Waals surface area (Å²) in [6.45, 7) is 4.15. The van der Waals surface area contributed by atoms with Gasteiger partial charge in [0.1, 0.15) is 0 Å². The van der Waals surface area contributed by atoms with Crippen molar-refractivity contribution in [2.45, 2.75) is 148 Å². The summed E-state index contributed by atoms with van der Waals surface area (Å²) < 4.78 is 21.5. The molecule has 0 aromatic carbocycles. The number of quaternary nitrogens is 1. The maximum absolute atomic E-state index is 11.4. The summed E-state index contributed by atoms with van der Waals surface area (Å²) in [5, 5.41) is 0. The van der Waals surface area contributed by atoms with Gasteiger partial charge in [-0.3, -0.25) is 9.36 Å². The zero-order chi connectivity index (χ0) is 28.7. The highest BCUT2D eigenvalue weighted by atomic mass is 31.2. The van der Waals surface area contributed by atoms with Gasteiger partial charge >= 0.3 is 5.97 Å². The molecule has 0 bridgehead atoms. The summed E-state index contributed by atoms with van der Waals surface area (Å²) >= 11 is 0. The minimum Gasteiger partial charge on any atom is -0.756 e. The van der Waals surface area contributed by atoms with Crippen LogP contribution in [0.25, 0.3) is 0 Å². The number of phosphoric ester groups is 1. The number of ether oxygens (including phenoxy) is 1. The Morgan fingerprint density at radius 2 is 1.24 bits per heavy atom. The van der Waals surface area contributed by atoms with E-state index in [0.29, 0.717) is 13.0 Å². The summed E-state index contributed by atoms with van der Waals surface area (Å²) in [7, 11) is 1.73. The highest BCUT2D eigenvalue weighted by Crippen LogP contribution is 2.31. The molecule has 0 aromatic heterocycles. The van der Waals surface area contributed by atoms with E-state index >= 15 is 0 Å². The van der Waals surface area contributed by atoms with Crippen molar-refractivity contribution >= 4 is 13.8 Å². The first kappa shape index (κ1) is 37.5. The molecule has 0 aromatic rings. The first-order valence-electron chi connectivity index (χ1n) is 15.6. The summed E-state index contributed by atoms with van der Waals surface area (Å²) in [5.74, 6) is 0.0450. The largest absolute Gasteiger partial charge is 0.756 e. The van der Waals surface area contributed by atoms with E-state index in [1.807, 2.05) is 0 Å². The molecular weight excluding hydrogens is 501 g/mol. The van der Waals surface area contributed by atoms with E-state index in [4.69, 9.17) is 9.63 Å². The molecule has 0 aliphatic heterocycles. The number of hydrogen-bond donors (Lipinski definition) is 1. The molecule has 38 heavy (non-hydrogen) atoms. The fourth-order valence-corrected chi connectivity index (χ4v) is 5.55. The molecule has 0 aliphatic carbocycles. The lowest BCUT2D eigenvalue weighted by Gasteiger charge is -2.36. The van der Waals surface area contributed by atoms with Crippen molar-refractivity contribution in [3.05, 3.63) is 0 Å². The molecule has 8 heteroatoms. The molecule has 0 heterocycles. The van der Waals surface area contributed by atoms with Crippen LogP contribution in [-0.4, -0.2) is 55.7 Å². The summed E-state index contributed by atoms with van der Waals surface area (Å²) in [6.07, 6.45) is 24.9. The van der Waals surface area contributed by atoms with Crippen LogP contribution in [0.5, 0.6) is 0 Å². The fraction of sp³-hybridized carbons (Fsp3) is 0.967. The lowest BCUT2D eigenvalue weighted by molar-refractivity contribution is -0.897. The maximum Gasteiger partial charge on any atom is 0.302 e. The van der Waals surface area contributed by atoms with E-state index in [9.17, 15) is 14.3 Å². The monoisotopic (exact) mass is 563 g/mol. The third kappa shape index (κ3) is 25.8. The van der Waals surface area contributed by atoms with Gasteiger partial charge in [0.15, 0.2) is 0 Å². The van der Waals surface area contributed by atoms with Gasteiger partial charge in [0.2, 0.25) is 0 Å². The molecule has 0 rings (SSSR count). The van der Waals surface area contributed by atoms with Crippen molar-refractivity contribution in [2.24, 2.45) is 5.92 Å². The number of esters is 1. The predicted molar refractivity (Wildman–Crippen MR) is 156 cm³/mol. The topological polar surface area (TPSA) is 95.9 Å². The molecule has 1 N–H and O–H groups in total. The van der Waals surface area contributed by atoms with E-state index in [1.54, 1.807) is 0 Å². The molecule has 0 radical (unpaired) electrons. The van der Waals surface area contributed by atoms with Crippen LogP contribution in [0.4, 0.5) is 0 Å². The third-order valence-corrected chi connectivity index (χ3v) is 8.13. The Labute approximate surface area is 235 Å². The van der Waals surface area contributed by atoms with Crippen molar-refractivity contribution in [3.63, 3.8) is 0 Å². The Kier molecular flexibility index (Phi) is 23.0. The van der Waals surface area contributed by atoms with Crippen LogP contribution in [0.1, 0.15) is 142 Å². The second-order valence-electron chi connectivity index (χ2n) is 12.2. The van der Waals surface area contributed by atoms with E-state index in [0.717, 1.165) is 30.2 Å². The normalized spacial score (nSPS) is 15.2. The van der Waals surface area contributed by atoms with Crippen molar-refractivity contribution in [1.29, 1.82) is 0 Å². The quantitative estimate of drug-likeness (QED) is 0.0480. The van der Waals surface area contributed by atoms with Gasteiger partial charge in [-0.15, -0.1) is 0 Å². The Bertz CT molecular complexity index is 604. The molecular formula is C30H62NO6P. The van der Waals surface area contributed by atoms with Crippen LogP contribution < -0.4 is 4.89 Å². The van der Waals surface area contributed by atoms with Gasteiger partial charge in [0.05, 0.1) is 40.4 Å². The lowest BCUT2D eigenvalue weighted by atomic mass is 9.91. The second kappa shape index (κ2) is 23.3. The molecule has 0 aliphatic rings. The van der Waals surface area contributed by atoms with Crippen LogP contribution in [0, 0.1) is 5.92 Å². The Morgan fingerprint density at radius 1 is 0.789 bits per heavy atom. The number of unbranched alkanes of at least 4 members (excludes halogenated alkanes) is 15. The summed E-state index contributed by atoms with van der Waals surface area (Å²) in [4.78, 5) is 31.1. The number of nitrogens with zero attached hydrogens (tertiary/aromatic N) is 1.